The molecule has 0 saturated heterocycles. The minimum Gasteiger partial charge on any atom is -0.308 e. The smallest absolute Gasteiger partial charge is 0.0701 e. The van der Waals surface area contributed by atoms with Gasteiger partial charge in [0, 0.05) is 17.5 Å². The highest BCUT2D eigenvalue weighted by molar-refractivity contribution is 9.11. The van der Waals surface area contributed by atoms with E-state index >= 15 is 0 Å². The zero-order chi connectivity index (χ0) is 10.4. The van der Waals surface area contributed by atoms with E-state index in [0.717, 1.165) is 16.8 Å². The molecule has 1 atom stereocenters. The molecule has 14 heavy (non-hydrogen) atoms. The summed E-state index contributed by atoms with van der Waals surface area (Å²) < 4.78 is 1.16. The summed E-state index contributed by atoms with van der Waals surface area (Å²) in [7, 11) is 0. The maximum absolute atomic E-state index is 8.57. The molecule has 0 aliphatic heterocycles. The van der Waals surface area contributed by atoms with E-state index in [-0.39, 0.29) is 0 Å². The van der Waals surface area contributed by atoms with Crippen LogP contribution in [0.4, 0.5) is 0 Å². The van der Waals surface area contributed by atoms with Crippen LogP contribution in [0, 0.1) is 11.3 Å². The average Bonchev–Trinajstić information content (AvgIpc) is 2.59. The van der Waals surface area contributed by atoms with Crippen LogP contribution in [0.3, 0.4) is 0 Å². The number of nitriles is 1. The van der Waals surface area contributed by atoms with Crippen LogP contribution in [0.15, 0.2) is 15.9 Å². The molecule has 1 heterocycles. The molecule has 76 valence electrons. The van der Waals surface area contributed by atoms with Gasteiger partial charge in [-0.15, -0.1) is 11.3 Å². The van der Waals surface area contributed by atoms with E-state index in [1.54, 1.807) is 11.3 Å². The molecule has 0 saturated carbocycles. The minimum absolute atomic E-state index is 0.320. The Bertz CT molecular complexity index is 316. The van der Waals surface area contributed by atoms with Crippen molar-refractivity contribution in [3.63, 3.8) is 0 Å². The van der Waals surface area contributed by atoms with Gasteiger partial charge in [0.2, 0.25) is 0 Å². The highest BCUT2D eigenvalue weighted by Gasteiger charge is 2.05. The van der Waals surface area contributed by atoms with Gasteiger partial charge in [-0.25, -0.2) is 0 Å². The van der Waals surface area contributed by atoms with Crippen LogP contribution in [-0.2, 0) is 6.54 Å². The van der Waals surface area contributed by atoms with Gasteiger partial charge >= 0.3 is 0 Å². The van der Waals surface area contributed by atoms with E-state index in [0.29, 0.717) is 12.5 Å². The summed E-state index contributed by atoms with van der Waals surface area (Å²) >= 11 is 5.15. The molecule has 0 aromatic carbocycles. The molecule has 1 unspecified atom stereocenters. The maximum atomic E-state index is 8.57. The van der Waals surface area contributed by atoms with Gasteiger partial charge in [0.15, 0.2) is 0 Å². The molecular formula is C10H13BrN2S. The summed E-state index contributed by atoms with van der Waals surface area (Å²) in [6.45, 7) is 2.95. The molecule has 4 heteroatoms. The first-order chi connectivity index (χ1) is 6.76. The largest absolute Gasteiger partial charge is 0.308 e. The van der Waals surface area contributed by atoms with Crippen molar-refractivity contribution >= 4 is 27.3 Å². The standard InChI is InChI=1S/C10H13BrN2S/c1-2-8(5-6-12)13-7-9-3-4-10(11)14-9/h3-4,8,13H,2,5,7H2,1H3. The zero-order valence-corrected chi connectivity index (χ0v) is 10.5. The number of hydrogen-bond donors (Lipinski definition) is 1. The zero-order valence-electron chi connectivity index (χ0n) is 8.09. The second-order valence-corrected chi connectivity index (χ2v) is 5.60. The first-order valence-corrected chi connectivity index (χ1v) is 6.21. The Labute approximate surface area is 97.1 Å². The fraction of sp³-hybridized carbons (Fsp3) is 0.500. The lowest BCUT2D eigenvalue weighted by Gasteiger charge is -2.11. The first-order valence-electron chi connectivity index (χ1n) is 4.60. The number of nitrogens with zero attached hydrogens (tertiary/aromatic N) is 1. The van der Waals surface area contributed by atoms with Crippen LogP contribution in [0.25, 0.3) is 0 Å². The fourth-order valence-corrected chi connectivity index (χ4v) is 2.60. The van der Waals surface area contributed by atoms with Crippen molar-refractivity contribution in [1.82, 2.24) is 5.32 Å². The van der Waals surface area contributed by atoms with Gasteiger partial charge in [-0.2, -0.15) is 5.26 Å². The summed E-state index contributed by atoms with van der Waals surface area (Å²) in [5, 5.41) is 11.9. The van der Waals surface area contributed by atoms with Crippen molar-refractivity contribution in [1.29, 1.82) is 5.26 Å². The summed E-state index contributed by atoms with van der Waals surface area (Å²) in [4.78, 5) is 1.30. The van der Waals surface area contributed by atoms with E-state index in [1.165, 1.54) is 4.88 Å². The van der Waals surface area contributed by atoms with Crippen LogP contribution in [0.5, 0.6) is 0 Å². The van der Waals surface area contributed by atoms with E-state index in [4.69, 9.17) is 5.26 Å². The highest BCUT2D eigenvalue weighted by atomic mass is 79.9. The highest BCUT2D eigenvalue weighted by Crippen LogP contribution is 2.21. The lowest BCUT2D eigenvalue weighted by Crippen LogP contribution is -2.26. The van der Waals surface area contributed by atoms with Crippen molar-refractivity contribution in [2.45, 2.75) is 32.4 Å². The Morgan fingerprint density at radius 2 is 2.43 bits per heavy atom. The van der Waals surface area contributed by atoms with E-state index in [9.17, 15) is 0 Å². The molecule has 1 aromatic heterocycles. The van der Waals surface area contributed by atoms with Gasteiger partial charge in [0.1, 0.15) is 0 Å². The third-order valence-corrected chi connectivity index (χ3v) is 3.65. The molecule has 0 aliphatic rings. The van der Waals surface area contributed by atoms with Gasteiger partial charge in [0.05, 0.1) is 16.3 Å². The Morgan fingerprint density at radius 3 is 2.93 bits per heavy atom. The van der Waals surface area contributed by atoms with Crippen LogP contribution < -0.4 is 5.32 Å². The van der Waals surface area contributed by atoms with Crippen molar-refractivity contribution in [2.75, 3.05) is 0 Å². The van der Waals surface area contributed by atoms with Gasteiger partial charge in [-0.3, -0.25) is 0 Å². The van der Waals surface area contributed by atoms with E-state index in [2.05, 4.69) is 40.3 Å². The number of nitrogens with one attached hydrogen (secondary N) is 1. The topological polar surface area (TPSA) is 35.8 Å². The lowest BCUT2D eigenvalue weighted by molar-refractivity contribution is 0.507. The van der Waals surface area contributed by atoms with Crippen LogP contribution >= 0.6 is 27.3 Å². The number of hydrogen-bond acceptors (Lipinski definition) is 3. The van der Waals surface area contributed by atoms with Crippen LogP contribution in [-0.4, -0.2) is 6.04 Å². The number of rotatable bonds is 5. The summed E-state index contributed by atoms with van der Waals surface area (Å²) in [5.74, 6) is 0. The second kappa shape index (κ2) is 6.18. The predicted molar refractivity (Wildman–Crippen MR) is 63.2 cm³/mol. The van der Waals surface area contributed by atoms with E-state index in [1.807, 2.05) is 6.07 Å². The Hall–Kier alpha value is -0.370. The molecule has 0 aliphatic carbocycles. The van der Waals surface area contributed by atoms with Crippen molar-refractivity contribution in [2.24, 2.45) is 0 Å². The molecule has 1 aromatic rings. The van der Waals surface area contributed by atoms with Gasteiger partial charge in [0.25, 0.3) is 0 Å². The van der Waals surface area contributed by atoms with E-state index < -0.39 is 0 Å². The fourth-order valence-electron chi connectivity index (χ4n) is 1.16. The molecule has 0 fully saturated rings. The molecule has 1 rings (SSSR count). The average molecular weight is 273 g/mol. The molecule has 0 amide bonds. The first kappa shape index (κ1) is 11.7. The molecule has 0 spiro atoms. The van der Waals surface area contributed by atoms with Crippen molar-refractivity contribution < 1.29 is 0 Å². The maximum Gasteiger partial charge on any atom is 0.0701 e. The summed E-state index contributed by atoms with van der Waals surface area (Å²) in [5.41, 5.74) is 0. The lowest BCUT2D eigenvalue weighted by atomic mass is 10.2. The van der Waals surface area contributed by atoms with Gasteiger partial charge < -0.3 is 5.32 Å². The molecule has 2 nitrogen and oxygen atoms in total. The molecule has 1 N–H and O–H groups in total. The molecular weight excluding hydrogens is 260 g/mol. The van der Waals surface area contributed by atoms with Gasteiger partial charge in [-0.05, 0) is 34.5 Å². The SMILES string of the molecule is CCC(CC#N)NCc1ccc(Br)s1. The number of halogens is 1. The summed E-state index contributed by atoms with van der Waals surface area (Å²) in [6.07, 6.45) is 1.59. The third-order valence-electron chi connectivity index (χ3n) is 2.02. The minimum atomic E-state index is 0.320. The summed E-state index contributed by atoms with van der Waals surface area (Å²) in [6, 6.07) is 6.66. The Balaban J connectivity index is 2.36. The molecule has 0 bridgehead atoms. The van der Waals surface area contributed by atoms with Crippen LogP contribution in [0.1, 0.15) is 24.6 Å². The number of thiophene rings is 1. The van der Waals surface area contributed by atoms with Crippen molar-refractivity contribution in [3.8, 4) is 6.07 Å². The quantitative estimate of drug-likeness (QED) is 0.893. The monoisotopic (exact) mass is 272 g/mol. The van der Waals surface area contributed by atoms with Crippen LogP contribution in [0.2, 0.25) is 0 Å². The molecule has 0 radical (unpaired) electrons. The van der Waals surface area contributed by atoms with Gasteiger partial charge in [-0.1, -0.05) is 6.92 Å². The Kier molecular flexibility index (Phi) is 5.16. The third kappa shape index (κ3) is 3.79. The normalized spacial score (nSPS) is 12.4. The second-order valence-electron chi connectivity index (χ2n) is 3.05. The predicted octanol–water partition coefficient (Wildman–Crippen LogP) is 3.29. The Morgan fingerprint density at radius 1 is 1.64 bits per heavy atom. The van der Waals surface area contributed by atoms with Crippen molar-refractivity contribution in [3.05, 3.63) is 20.8 Å².